The molecule has 0 radical (unpaired) electrons. The van der Waals surface area contributed by atoms with Gasteiger partial charge in [-0.1, -0.05) is 42.5 Å². The van der Waals surface area contributed by atoms with E-state index in [1.807, 2.05) is 60.7 Å². The first-order valence-electron chi connectivity index (χ1n) is 9.64. The number of anilines is 2. The minimum atomic E-state index is -0.107. The topological polar surface area (TPSA) is 59.6 Å². The van der Waals surface area contributed by atoms with E-state index in [0.29, 0.717) is 6.61 Å². The summed E-state index contributed by atoms with van der Waals surface area (Å²) in [6.45, 7) is 1.50. The lowest BCUT2D eigenvalue weighted by molar-refractivity contribution is -0.114. The summed E-state index contributed by atoms with van der Waals surface area (Å²) >= 11 is 0. The van der Waals surface area contributed by atoms with Crippen molar-refractivity contribution in [3.63, 3.8) is 0 Å². The zero-order chi connectivity index (χ0) is 19.2. The molecular formula is C23H24N2O3. The molecule has 0 saturated carbocycles. The normalized spacial score (nSPS) is 16.1. The van der Waals surface area contributed by atoms with Crippen molar-refractivity contribution in [3.8, 4) is 5.75 Å². The van der Waals surface area contributed by atoms with Crippen LogP contribution in [0.4, 0.5) is 11.4 Å². The first-order valence-corrected chi connectivity index (χ1v) is 9.64. The van der Waals surface area contributed by atoms with Gasteiger partial charge in [0.2, 0.25) is 5.91 Å². The van der Waals surface area contributed by atoms with Crippen LogP contribution < -0.4 is 15.4 Å². The van der Waals surface area contributed by atoms with Crippen LogP contribution in [0.25, 0.3) is 10.8 Å². The van der Waals surface area contributed by atoms with Gasteiger partial charge in [0, 0.05) is 12.3 Å². The quantitative estimate of drug-likeness (QED) is 0.640. The molecule has 3 aromatic rings. The van der Waals surface area contributed by atoms with Crippen molar-refractivity contribution in [1.29, 1.82) is 0 Å². The van der Waals surface area contributed by atoms with E-state index >= 15 is 0 Å². The van der Waals surface area contributed by atoms with E-state index in [1.54, 1.807) is 0 Å². The second-order valence-electron chi connectivity index (χ2n) is 6.91. The van der Waals surface area contributed by atoms with E-state index in [2.05, 4.69) is 16.7 Å². The van der Waals surface area contributed by atoms with Crippen molar-refractivity contribution < 1.29 is 14.3 Å². The molecule has 0 bridgehead atoms. The Kier molecular flexibility index (Phi) is 5.73. The molecule has 2 N–H and O–H groups in total. The first-order chi connectivity index (χ1) is 13.8. The molecule has 1 heterocycles. The second-order valence-corrected chi connectivity index (χ2v) is 6.91. The number of hydrogen-bond acceptors (Lipinski definition) is 4. The van der Waals surface area contributed by atoms with E-state index in [0.717, 1.165) is 47.3 Å². The molecule has 0 spiro atoms. The molecule has 1 fully saturated rings. The van der Waals surface area contributed by atoms with Crippen molar-refractivity contribution in [2.75, 3.05) is 30.4 Å². The summed E-state index contributed by atoms with van der Waals surface area (Å²) in [6.07, 6.45) is 2.27. The van der Waals surface area contributed by atoms with Crippen molar-refractivity contribution >= 4 is 28.1 Å². The highest BCUT2D eigenvalue weighted by molar-refractivity contribution is 5.96. The maximum Gasteiger partial charge on any atom is 0.243 e. The lowest BCUT2D eigenvalue weighted by Gasteiger charge is -2.15. The minimum absolute atomic E-state index is 0.107. The number of rotatable bonds is 7. The highest BCUT2D eigenvalue weighted by Gasteiger charge is 2.16. The molecular weight excluding hydrogens is 352 g/mol. The Morgan fingerprint density at radius 3 is 2.71 bits per heavy atom. The molecule has 1 aliphatic rings. The maximum absolute atomic E-state index is 12.4. The third-order valence-electron chi connectivity index (χ3n) is 4.81. The van der Waals surface area contributed by atoms with E-state index < -0.39 is 0 Å². The van der Waals surface area contributed by atoms with Gasteiger partial charge in [-0.25, -0.2) is 0 Å². The van der Waals surface area contributed by atoms with Crippen LogP contribution in [0.15, 0.2) is 66.7 Å². The standard InChI is InChI=1S/C23H24N2O3/c26-23(25-19-12-11-17-6-1-2-7-18(17)14-19)15-24-21-9-3-4-10-22(21)28-16-20-8-5-13-27-20/h1-4,6-7,9-12,14,20,24H,5,8,13,15-16H2,(H,25,26). The second kappa shape index (κ2) is 8.76. The van der Waals surface area contributed by atoms with Crippen molar-refractivity contribution in [2.24, 2.45) is 0 Å². The number of para-hydroxylation sites is 2. The highest BCUT2D eigenvalue weighted by atomic mass is 16.5. The van der Waals surface area contributed by atoms with E-state index in [1.165, 1.54) is 0 Å². The van der Waals surface area contributed by atoms with Crippen LogP contribution in [0.3, 0.4) is 0 Å². The van der Waals surface area contributed by atoms with Gasteiger partial charge in [-0.3, -0.25) is 4.79 Å². The van der Waals surface area contributed by atoms with Gasteiger partial charge >= 0.3 is 0 Å². The molecule has 4 rings (SSSR count). The van der Waals surface area contributed by atoms with Gasteiger partial charge in [0.1, 0.15) is 12.4 Å². The Hall–Kier alpha value is -3.05. The fourth-order valence-corrected chi connectivity index (χ4v) is 3.34. The van der Waals surface area contributed by atoms with Crippen LogP contribution in [0.2, 0.25) is 0 Å². The third kappa shape index (κ3) is 4.61. The van der Waals surface area contributed by atoms with Gasteiger partial charge in [0.25, 0.3) is 0 Å². The van der Waals surface area contributed by atoms with Crippen molar-refractivity contribution in [3.05, 3.63) is 66.7 Å². The van der Waals surface area contributed by atoms with Gasteiger partial charge in [0.15, 0.2) is 0 Å². The number of nitrogens with one attached hydrogen (secondary N) is 2. The molecule has 28 heavy (non-hydrogen) atoms. The summed E-state index contributed by atoms with van der Waals surface area (Å²) in [5.41, 5.74) is 1.59. The molecule has 5 nitrogen and oxygen atoms in total. The highest BCUT2D eigenvalue weighted by Crippen LogP contribution is 2.25. The molecule has 1 aliphatic heterocycles. The predicted molar refractivity (Wildman–Crippen MR) is 112 cm³/mol. The number of amides is 1. The number of fused-ring (bicyclic) bond motifs is 1. The maximum atomic E-state index is 12.4. The van der Waals surface area contributed by atoms with E-state index in [-0.39, 0.29) is 18.6 Å². The van der Waals surface area contributed by atoms with Gasteiger partial charge in [-0.05, 0) is 47.9 Å². The summed E-state index contributed by atoms with van der Waals surface area (Å²) in [6, 6.07) is 21.6. The largest absolute Gasteiger partial charge is 0.489 e. The van der Waals surface area contributed by atoms with Gasteiger partial charge in [-0.15, -0.1) is 0 Å². The number of carbonyl (C=O) groups excluding carboxylic acids is 1. The minimum Gasteiger partial charge on any atom is -0.489 e. The fourth-order valence-electron chi connectivity index (χ4n) is 3.34. The Balaban J connectivity index is 1.33. The van der Waals surface area contributed by atoms with Gasteiger partial charge in [-0.2, -0.15) is 0 Å². The summed E-state index contributed by atoms with van der Waals surface area (Å²) in [5, 5.41) is 8.35. The Bertz CT molecular complexity index is 951. The predicted octanol–water partition coefficient (Wildman–Crippen LogP) is 4.45. The molecule has 1 unspecified atom stereocenters. The van der Waals surface area contributed by atoms with E-state index in [9.17, 15) is 4.79 Å². The molecule has 3 aromatic carbocycles. The lowest BCUT2D eigenvalue weighted by atomic mass is 10.1. The van der Waals surface area contributed by atoms with Gasteiger partial charge in [0.05, 0.1) is 18.3 Å². The van der Waals surface area contributed by atoms with Crippen molar-refractivity contribution in [2.45, 2.75) is 18.9 Å². The lowest BCUT2D eigenvalue weighted by Crippen LogP contribution is -2.22. The summed E-state index contributed by atoms with van der Waals surface area (Å²) in [4.78, 5) is 12.4. The number of benzene rings is 3. The number of ether oxygens (including phenoxy) is 2. The molecule has 1 atom stereocenters. The van der Waals surface area contributed by atoms with Crippen LogP contribution in [0.1, 0.15) is 12.8 Å². The number of hydrogen-bond donors (Lipinski definition) is 2. The Morgan fingerprint density at radius 2 is 1.86 bits per heavy atom. The summed E-state index contributed by atoms with van der Waals surface area (Å²) < 4.78 is 11.5. The van der Waals surface area contributed by atoms with Crippen LogP contribution in [0, 0.1) is 0 Å². The Labute approximate surface area is 164 Å². The molecule has 0 aliphatic carbocycles. The first kappa shape index (κ1) is 18.3. The van der Waals surface area contributed by atoms with Crippen LogP contribution >= 0.6 is 0 Å². The van der Waals surface area contributed by atoms with Crippen LogP contribution in [0.5, 0.6) is 5.75 Å². The third-order valence-corrected chi connectivity index (χ3v) is 4.81. The molecule has 1 saturated heterocycles. The molecule has 144 valence electrons. The van der Waals surface area contributed by atoms with E-state index in [4.69, 9.17) is 9.47 Å². The summed E-state index contributed by atoms with van der Waals surface area (Å²) in [5.74, 6) is 0.626. The Morgan fingerprint density at radius 1 is 1.04 bits per heavy atom. The average molecular weight is 376 g/mol. The van der Waals surface area contributed by atoms with Crippen LogP contribution in [-0.2, 0) is 9.53 Å². The molecule has 0 aromatic heterocycles. The number of carbonyl (C=O) groups is 1. The molecule has 1 amide bonds. The fraction of sp³-hybridized carbons (Fsp3) is 0.261. The zero-order valence-electron chi connectivity index (χ0n) is 15.7. The SMILES string of the molecule is O=C(CNc1ccccc1OCC1CCCO1)Nc1ccc2ccccc2c1. The monoisotopic (exact) mass is 376 g/mol. The molecule has 5 heteroatoms. The van der Waals surface area contributed by atoms with Crippen molar-refractivity contribution in [1.82, 2.24) is 0 Å². The van der Waals surface area contributed by atoms with Crippen LogP contribution in [-0.4, -0.2) is 31.8 Å². The smallest absolute Gasteiger partial charge is 0.243 e. The van der Waals surface area contributed by atoms with Gasteiger partial charge < -0.3 is 20.1 Å². The zero-order valence-corrected chi connectivity index (χ0v) is 15.7. The summed E-state index contributed by atoms with van der Waals surface area (Å²) in [7, 11) is 0. The average Bonchev–Trinajstić information content (AvgIpc) is 3.25.